The van der Waals surface area contributed by atoms with E-state index in [4.69, 9.17) is 4.74 Å². The maximum atomic E-state index is 5.48. The van der Waals surface area contributed by atoms with E-state index in [-0.39, 0.29) is 0 Å². The molecule has 3 aliphatic rings. The van der Waals surface area contributed by atoms with E-state index >= 15 is 0 Å². The Kier molecular flexibility index (Phi) is 3.47. The molecule has 3 heteroatoms. The summed E-state index contributed by atoms with van der Waals surface area (Å²) in [6.07, 6.45) is 8.40. The van der Waals surface area contributed by atoms with Crippen molar-refractivity contribution < 1.29 is 4.74 Å². The van der Waals surface area contributed by atoms with Gasteiger partial charge in [0.1, 0.15) is 0 Å². The monoisotopic (exact) mass is 335 g/mol. The van der Waals surface area contributed by atoms with Crippen LogP contribution in [0.4, 0.5) is 0 Å². The molecule has 0 atom stereocenters. The van der Waals surface area contributed by atoms with E-state index in [2.05, 4.69) is 27.5 Å². The first-order chi connectivity index (χ1) is 7.77. The number of likely N-dealkylation sites (tertiary alicyclic amines) is 1. The van der Waals surface area contributed by atoms with Crippen molar-refractivity contribution in [2.24, 2.45) is 5.41 Å². The minimum atomic E-state index is 0.666. The van der Waals surface area contributed by atoms with Gasteiger partial charge in [0.2, 0.25) is 0 Å². The van der Waals surface area contributed by atoms with E-state index in [0.717, 1.165) is 23.2 Å². The van der Waals surface area contributed by atoms with Gasteiger partial charge in [0.05, 0.1) is 0 Å². The number of nitrogens with zero attached hydrogens (tertiary/aromatic N) is 1. The average Bonchev–Trinajstić information content (AvgIpc) is 2.28. The second-order valence-electron chi connectivity index (χ2n) is 5.92. The van der Waals surface area contributed by atoms with Crippen LogP contribution in [0.2, 0.25) is 0 Å². The van der Waals surface area contributed by atoms with Crippen LogP contribution < -0.4 is 0 Å². The topological polar surface area (TPSA) is 12.5 Å². The van der Waals surface area contributed by atoms with Gasteiger partial charge in [0.15, 0.2) is 0 Å². The molecule has 3 rings (SSSR count). The highest BCUT2D eigenvalue weighted by Gasteiger charge is 2.46. The highest BCUT2D eigenvalue weighted by Crippen LogP contribution is 2.43. The molecule has 0 amide bonds. The van der Waals surface area contributed by atoms with E-state index in [1.165, 1.54) is 51.6 Å². The average molecular weight is 335 g/mol. The smallest absolute Gasteiger partial charge is 0.0472 e. The third kappa shape index (κ3) is 2.27. The summed E-state index contributed by atoms with van der Waals surface area (Å²) < 4.78 is 6.43. The number of halogens is 1. The van der Waals surface area contributed by atoms with E-state index in [1.807, 2.05) is 0 Å². The van der Waals surface area contributed by atoms with Crippen molar-refractivity contribution in [2.75, 3.05) is 26.3 Å². The number of ether oxygens (including phenoxy) is 1. The van der Waals surface area contributed by atoms with Crippen LogP contribution in [0, 0.1) is 5.41 Å². The summed E-state index contributed by atoms with van der Waals surface area (Å²) >= 11 is 2.62. The van der Waals surface area contributed by atoms with Crippen LogP contribution in [0.5, 0.6) is 0 Å². The van der Waals surface area contributed by atoms with E-state index < -0.39 is 0 Å². The first kappa shape index (κ1) is 11.7. The standard InChI is InChI=1S/C13H22INO/c14-11-1-3-12(4-2-11)15-9-13(10-15)5-7-16-8-6-13/h11-12H,1-10H2. The molecule has 0 unspecified atom stereocenters. The zero-order valence-electron chi connectivity index (χ0n) is 9.96. The highest BCUT2D eigenvalue weighted by atomic mass is 127. The molecule has 0 aromatic carbocycles. The van der Waals surface area contributed by atoms with E-state index in [1.54, 1.807) is 0 Å². The second-order valence-corrected chi connectivity index (χ2v) is 7.68. The van der Waals surface area contributed by atoms with Crippen LogP contribution >= 0.6 is 22.6 Å². The first-order valence-electron chi connectivity index (χ1n) is 6.73. The lowest BCUT2D eigenvalue weighted by Gasteiger charge is -2.56. The van der Waals surface area contributed by atoms with Gasteiger partial charge in [-0.1, -0.05) is 22.6 Å². The van der Waals surface area contributed by atoms with Crippen molar-refractivity contribution >= 4 is 22.6 Å². The van der Waals surface area contributed by atoms with Gasteiger partial charge in [-0.25, -0.2) is 0 Å². The SMILES string of the molecule is IC1CCC(N2CC3(CCOCC3)C2)CC1. The quantitative estimate of drug-likeness (QED) is 0.540. The fraction of sp³-hybridized carbons (Fsp3) is 1.00. The molecule has 2 aliphatic heterocycles. The molecule has 2 nitrogen and oxygen atoms in total. The maximum Gasteiger partial charge on any atom is 0.0472 e. The summed E-state index contributed by atoms with van der Waals surface area (Å²) in [6, 6.07) is 0.916. The van der Waals surface area contributed by atoms with Gasteiger partial charge < -0.3 is 4.74 Å². The molecule has 0 radical (unpaired) electrons. The van der Waals surface area contributed by atoms with Crippen molar-refractivity contribution in [3.05, 3.63) is 0 Å². The first-order valence-corrected chi connectivity index (χ1v) is 7.98. The van der Waals surface area contributed by atoms with Gasteiger partial charge in [-0.15, -0.1) is 0 Å². The van der Waals surface area contributed by atoms with Crippen LogP contribution in [0.1, 0.15) is 38.5 Å². The molecule has 0 aromatic rings. The molecule has 16 heavy (non-hydrogen) atoms. The Morgan fingerprint density at radius 3 is 2.25 bits per heavy atom. The maximum absolute atomic E-state index is 5.48. The highest BCUT2D eigenvalue weighted by molar-refractivity contribution is 14.1. The summed E-state index contributed by atoms with van der Waals surface area (Å²) in [7, 11) is 0. The lowest BCUT2D eigenvalue weighted by Crippen LogP contribution is -2.61. The van der Waals surface area contributed by atoms with Crippen LogP contribution in [0.3, 0.4) is 0 Å². The van der Waals surface area contributed by atoms with Crippen molar-refractivity contribution in [3.8, 4) is 0 Å². The van der Waals surface area contributed by atoms with Gasteiger partial charge in [0, 0.05) is 41.7 Å². The minimum absolute atomic E-state index is 0.666. The molecule has 2 saturated heterocycles. The Balaban J connectivity index is 1.49. The Bertz CT molecular complexity index is 236. The summed E-state index contributed by atoms with van der Waals surface area (Å²) in [5.41, 5.74) is 0.666. The van der Waals surface area contributed by atoms with Crippen molar-refractivity contribution in [3.63, 3.8) is 0 Å². The number of rotatable bonds is 1. The Morgan fingerprint density at radius 2 is 1.62 bits per heavy atom. The molecule has 0 aromatic heterocycles. The molecule has 1 aliphatic carbocycles. The Hall–Kier alpha value is 0.650. The normalized spacial score (nSPS) is 39.6. The van der Waals surface area contributed by atoms with Crippen LogP contribution in [0.15, 0.2) is 0 Å². The lowest BCUT2D eigenvalue weighted by atomic mass is 9.72. The summed E-state index contributed by atoms with van der Waals surface area (Å²) in [6.45, 7) is 4.75. The molecule has 0 N–H and O–H groups in total. The van der Waals surface area contributed by atoms with Crippen molar-refractivity contribution in [2.45, 2.75) is 48.5 Å². The lowest BCUT2D eigenvalue weighted by molar-refractivity contribution is -0.101. The molecule has 2 heterocycles. The summed E-state index contributed by atoms with van der Waals surface area (Å²) in [5.74, 6) is 0. The molecular weight excluding hydrogens is 313 g/mol. The molecule has 92 valence electrons. The molecule has 1 spiro atoms. The van der Waals surface area contributed by atoms with Crippen molar-refractivity contribution in [1.82, 2.24) is 4.90 Å². The van der Waals surface area contributed by atoms with Gasteiger partial charge in [-0.3, -0.25) is 4.90 Å². The van der Waals surface area contributed by atoms with Gasteiger partial charge in [-0.2, -0.15) is 0 Å². The number of hydrogen-bond donors (Lipinski definition) is 0. The van der Waals surface area contributed by atoms with Crippen LogP contribution in [-0.4, -0.2) is 41.2 Å². The van der Waals surface area contributed by atoms with E-state index in [9.17, 15) is 0 Å². The minimum Gasteiger partial charge on any atom is -0.381 e. The number of alkyl halides is 1. The third-order valence-corrected chi connectivity index (χ3v) is 6.02. The third-order valence-electron chi connectivity index (χ3n) is 4.77. The summed E-state index contributed by atoms with van der Waals surface area (Å²) in [4.78, 5) is 2.76. The Labute approximate surface area is 112 Å². The zero-order valence-corrected chi connectivity index (χ0v) is 12.1. The molecule has 3 fully saturated rings. The predicted molar refractivity (Wildman–Crippen MR) is 74.1 cm³/mol. The predicted octanol–water partition coefficient (Wildman–Crippen LogP) is 2.85. The van der Waals surface area contributed by atoms with Gasteiger partial charge in [0.25, 0.3) is 0 Å². The largest absolute Gasteiger partial charge is 0.381 e. The van der Waals surface area contributed by atoms with Crippen LogP contribution in [-0.2, 0) is 4.74 Å². The van der Waals surface area contributed by atoms with Crippen molar-refractivity contribution in [1.29, 1.82) is 0 Å². The Morgan fingerprint density at radius 1 is 1.00 bits per heavy atom. The molecular formula is C13H22INO. The van der Waals surface area contributed by atoms with Gasteiger partial charge in [-0.05, 0) is 38.5 Å². The second kappa shape index (κ2) is 4.73. The van der Waals surface area contributed by atoms with Crippen LogP contribution in [0.25, 0.3) is 0 Å². The molecule has 0 bridgehead atoms. The fourth-order valence-corrected chi connectivity index (χ4v) is 4.31. The number of hydrogen-bond acceptors (Lipinski definition) is 2. The fourth-order valence-electron chi connectivity index (χ4n) is 3.59. The van der Waals surface area contributed by atoms with Gasteiger partial charge >= 0.3 is 0 Å². The molecule has 1 saturated carbocycles. The van der Waals surface area contributed by atoms with E-state index in [0.29, 0.717) is 5.41 Å². The summed E-state index contributed by atoms with van der Waals surface area (Å²) in [5, 5.41) is 0. The zero-order chi connectivity index (χ0) is 11.0.